The molecule has 3 rings (SSSR count). The van der Waals surface area contributed by atoms with Gasteiger partial charge in [0.2, 0.25) is 11.8 Å². The number of carboxylic acids is 1. The van der Waals surface area contributed by atoms with E-state index in [1.165, 1.54) is 35.7 Å². The molecule has 7 nitrogen and oxygen atoms in total. The Hall–Kier alpha value is -2.32. The molecular formula is C15H14N2O5S. The van der Waals surface area contributed by atoms with E-state index >= 15 is 0 Å². The third kappa shape index (κ3) is 2.30. The maximum Gasteiger partial charge on any atom is 0.353 e. The van der Waals surface area contributed by atoms with E-state index in [1.54, 1.807) is 12.1 Å². The Balaban J connectivity index is 2.05. The highest BCUT2D eigenvalue weighted by Crippen LogP contribution is 2.53. The van der Waals surface area contributed by atoms with E-state index in [4.69, 9.17) is 5.73 Å². The van der Waals surface area contributed by atoms with Gasteiger partial charge in [-0.25, -0.2) is 4.79 Å². The minimum Gasteiger partial charge on any atom is -0.477 e. The highest BCUT2D eigenvalue weighted by atomic mass is 32.2. The van der Waals surface area contributed by atoms with Crippen LogP contribution in [0.2, 0.25) is 0 Å². The van der Waals surface area contributed by atoms with Gasteiger partial charge in [-0.15, -0.1) is 0 Å². The van der Waals surface area contributed by atoms with Crippen molar-refractivity contribution in [2.45, 2.75) is 18.4 Å². The van der Waals surface area contributed by atoms with Gasteiger partial charge in [0.15, 0.2) is 0 Å². The number of carbonyl (C=O) groups excluding carboxylic acids is 2. The molecule has 1 aromatic carbocycles. The van der Waals surface area contributed by atoms with E-state index in [1.807, 2.05) is 0 Å². The third-order valence-corrected chi connectivity index (χ3v) is 5.32. The summed E-state index contributed by atoms with van der Waals surface area (Å²) in [4.78, 5) is 36.6. The Labute approximate surface area is 135 Å². The maximum atomic E-state index is 12.1. The fourth-order valence-corrected chi connectivity index (χ4v) is 4.41. The van der Waals surface area contributed by atoms with Crippen LogP contribution in [0.15, 0.2) is 30.0 Å². The summed E-state index contributed by atoms with van der Waals surface area (Å²) in [6, 6.07) is 6.30. The number of aliphatic hydroxyl groups is 1. The molecular weight excluding hydrogens is 320 g/mol. The van der Waals surface area contributed by atoms with E-state index in [0.29, 0.717) is 10.5 Å². The van der Waals surface area contributed by atoms with Gasteiger partial charge in [-0.05, 0) is 24.6 Å². The molecule has 2 amide bonds. The molecule has 23 heavy (non-hydrogen) atoms. The van der Waals surface area contributed by atoms with Crippen molar-refractivity contribution in [1.29, 1.82) is 0 Å². The fourth-order valence-electron chi connectivity index (χ4n) is 2.80. The molecule has 2 aliphatic rings. The summed E-state index contributed by atoms with van der Waals surface area (Å²) in [6.07, 6.45) is -0.859. The molecule has 2 aliphatic heterocycles. The lowest BCUT2D eigenvalue weighted by molar-refractivity contribution is -0.156. The van der Waals surface area contributed by atoms with Crippen LogP contribution < -0.4 is 5.73 Å². The number of amides is 2. The average Bonchev–Trinajstić information content (AvgIpc) is 2.82. The lowest BCUT2D eigenvalue weighted by Crippen LogP contribution is -2.60. The summed E-state index contributed by atoms with van der Waals surface area (Å²) in [5.41, 5.74) is 5.90. The number of aliphatic carboxylic acids is 1. The molecule has 0 spiro atoms. The number of β-lactam (4-membered cyclic amide) rings is 1. The Morgan fingerprint density at radius 2 is 2.09 bits per heavy atom. The molecule has 1 fully saturated rings. The Kier molecular flexibility index (Phi) is 3.65. The first kappa shape index (κ1) is 15.6. The number of benzene rings is 1. The third-order valence-electron chi connectivity index (χ3n) is 3.91. The number of primary amides is 1. The van der Waals surface area contributed by atoms with Crippen molar-refractivity contribution in [2.75, 3.05) is 0 Å². The summed E-state index contributed by atoms with van der Waals surface area (Å²) < 4.78 is 0. The fraction of sp³-hybridized carbons (Fsp3) is 0.267. The maximum absolute atomic E-state index is 12.1. The molecule has 3 atom stereocenters. The predicted octanol–water partition coefficient (Wildman–Crippen LogP) is 0.451. The Bertz CT molecular complexity index is 758. The second kappa shape index (κ2) is 5.39. The van der Waals surface area contributed by atoms with Crippen molar-refractivity contribution in [3.63, 3.8) is 0 Å². The van der Waals surface area contributed by atoms with Gasteiger partial charge in [0.1, 0.15) is 11.1 Å². The molecule has 0 aliphatic carbocycles. The van der Waals surface area contributed by atoms with E-state index in [-0.39, 0.29) is 11.3 Å². The van der Waals surface area contributed by atoms with Crippen molar-refractivity contribution >= 4 is 34.5 Å². The second-order valence-electron chi connectivity index (χ2n) is 5.41. The standard InChI is InChI=1S/C15H14N2O5S/c1-6(18)9-13(20)17-10(15(21)22)11(23-14(9)17)7-3-2-4-8(5-7)12(16)19/h2-6,9,14,18H,1H3,(H2,16,19)(H,21,22). The van der Waals surface area contributed by atoms with E-state index in [9.17, 15) is 24.6 Å². The first-order valence-electron chi connectivity index (χ1n) is 6.88. The lowest BCUT2D eigenvalue weighted by atomic mass is 9.92. The molecule has 2 heterocycles. The number of hydrogen-bond donors (Lipinski definition) is 3. The lowest BCUT2D eigenvalue weighted by Gasteiger charge is -2.43. The SMILES string of the molecule is CC(O)C1C(=O)N2C(C(=O)O)=C(c3cccc(C(N)=O)c3)SC12. The van der Waals surface area contributed by atoms with Crippen LogP contribution in [0.25, 0.3) is 4.91 Å². The average molecular weight is 334 g/mol. The number of carbonyl (C=O) groups is 3. The van der Waals surface area contributed by atoms with Gasteiger partial charge in [0.05, 0.1) is 12.0 Å². The van der Waals surface area contributed by atoms with Crippen molar-refractivity contribution in [3.8, 4) is 0 Å². The van der Waals surface area contributed by atoms with Gasteiger partial charge >= 0.3 is 5.97 Å². The van der Waals surface area contributed by atoms with Crippen LogP contribution >= 0.6 is 11.8 Å². The molecule has 4 N–H and O–H groups in total. The van der Waals surface area contributed by atoms with Gasteiger partial charge in [-0.3, -0.25) is 14.5 Å². The van der Waals surface area contributed by atoms with E-state index in [0.717, 1.165) is 0 Å². The normalized spacial score (nSPS) is 24.3. The summed E-state index contributed by atoms with van der Waals surface area (Å²) >= 11 is 1.20. The quantitative estimate of drug-likeness (QED) is 0.688. The summed E-state index contributed by atoms with van der Waals surface area (Å²) in [7, 11) is 0. The first-order valence-corrected chi connectivity index (χ1v) is 7.76. The molecule has 0 aromatic heterocycles. The second-order valence-corrected chi connectivity index (χ2v) is 6.54. The zero-order valence-corrected chi connectivity index (χ0v) is 12.9. The van der Waals surface area contributed by atoms with Crippen molar-refractivity contribution in [1.82, 2.24) is 4.90 Å². The number of fused-ring (bicyclic) bond motifs is 1. The van der Waals surface area contributed by atoms with Gasteiger partial charge in [0.25, 0.3) is 0 Å². The largest absolute Gasteiger partial charge is 0.477 e. The van der Waals surface area contributed by atoms with Gasteiger partial charge in [-0.2, -0.15) is 0 Å². The molecule has 0 saturated carbocycles. The molecule has 0 bridgehead atoms. The van der Waals surface area contributed by atoms with Crippen LogP contribution in [0.4, 0.5) is 0 Å². The molecule has 8 heteroatoms. The minimum atomic E-state index is -1.23. The number of rotatable bonds is 4. The zero-order valence-electron chi connectivity index (χ0n) is 12.1. The van der Waals surface area contributed by atoms with E-state index in [2.05, 4.69) is 0 Å². The van der Waals surface area contributed by atoms with Gasteiger partial charge in [-0.1, -0.05) is 23.9 Å². The molecule has 0 radical (unpaired) electrons. The monoisotopic (exact) mass is 334 g/mol. The van der Waals surface area contributed by atoms with Gasteiger partial charge in [0, 0.05) is 10.5 Å². The van der Waals surface area contributed by atoms with Crippen LogP contribution in [-0.4, -0.2) is 44.4 Å². The number of aliphatic hydroxyl groups excluding tert-OH is 1. The highest BCUT2D eigenvalue weighted by molar-refractivity contribution is 8.09. The molecule has 120 valence electrons. The van der Waals surface area contributed by atoms with Crippen LogP contribution in [0.1, 0.15) is 22.8 Å². The highest BCUT2D eigenvalue weighted by Gasteiger charge is 2.57. The number of thioether (sulfide) groups is 1. The minimum absolute atomic E-state index is 0.122. The number of hydrogen-bond acceptors (Lipinski definition) is 5. The smallest absolute Gasteiger partial charge is 0.353 e. The van der Waals surface area contributed by atoms with Crippen LogP contribution in [0.5, 0.6) is 0 Å². The summed E-state index contributed by atoms with van der Waals surface area (Å²) in [5, 5.41) is 18.7. The molecule has 1 saturated heterocycles. The first-order chi connectivity index (χ1) is 10.8. The van der Waals surface area contributed by atoms with Gasteiger partial charge < -0.3 is 15.9 Å². The Morgan fingerprint density at radius 1 is 1.39 bits per heavy atom. The number of nitrogens with two attached hydrogens (primary N) is 1. The van der Waals surface area contributed by atoms with E-state index < -0.39 is 35.2 Å². The van der Waals surface area contributed by atoms with Crippen molar-refractivity contribution < 1.29 is 24.6 Å². The molecule has 1 aromatic rings. The predicted molar refractivity (Wildman–Crippen MR) is 82.9 cm³/mol. The number of nitrogens with zero attached hydrogens (tertiary/aromatic N) is 1. The van der Waals surface area contributed by atoms with Crippen molar-refractivity contribution in [3.05, 3.63) is 41.1 Å². The van der Waals surface area contributed by atoms with Crippen LogP contribution in [0.3, 0.4) is 0 Å². The topological polar surface area (TPSA) is 121 Å². The number of carboxylic acid groups (broad SMARTS) is 1. The summed E-state index contributed by atoms with van der Waals surface area (Å²) in [5.74, 6) is -2.88. The Morgan fingerprint density at radius 3 is 2.65 bits per heavy atom. The summed E-state index contributed by atoms with van der Waals surface area (Å²) in [6.45, 7) is 1.51. The van der Waals surface area contributed by atoms with Crippen LogP contribution in [0, 0.1) is 5.92 Å². The van der Waals surface area contributed by atoms with Crippen molar-refractivity contribution in [2.24, 2.45) is 11.7 Å². The van der Waals surface area contributed by atoms with Crippen LogP contribution in [-0.2, 0) is 9.59 Å². The molecule has 3 unspecified atom stereocenters. The zero-order chi connectivity index (χ0) is 16.9.